The van der Waals surface area contributed by atoms with Crippen molar-refractivity contribution in [2.24, 2.45) is 5.41 Å². The molecule has 16 heavy (non-hydrogen) atoms. The lowest BCUT2D eigenvalue weighted by molar-refractivity contribution is 0.0998. The molecule has 0 unspecified atom stereocenters. The van der Waals surface area contributed by atoms with Gasteiger partial charge in [0.15, 0.2) is 0 Å². The van der Waals surface area contributed by atoms with Crippen molar-refractivity contribution in [3.05, 3.63) is 34.9 Å². The van der Waals surface area contributed by atoms with Crippen LogP contribution in [-0.2, 0) is 5.41 Å². The Labute approximate surface area is 98.1 Å². The number of rotatable bonds is 1. The molecule has 1 aliphatic rings. The van der Waals surface area contributed by atoms with Crippen LogP contribution in [0.15, 0.2) is 18.2 Å². The Balaban J connectivity index is 2.41. The minimum absolute atomic E-state index is 0.222. The Morgan fingerprint density at radius 3 is 1.94 bits per heavy atom. The van der Waals surface area contributed by atoms with Gasteiger partial charge in [-0.2, -0.15) is 5.26 Å². The van der Waals surface area contributed by atoms with Crippen LogP contribution in [0.1, 0.15) is 43.4 Å². The van der Waals surface area contributed by atoms with E-state index in [4.69, 9.17) is 0 Å². The number of nitriles is 1. The first-order chi connectivity index (χ1) is 7.37. The van der Waals surface area contributed by atoms with Gasteiger partial charge < -0.3 is 0 Å². The van der Waals surface area contributed by atoms with Crippen LogP contribution in [0.25, 0.3) is 0 Å². The zero-order chi connectivity index (χ0) is 12.0. The maximum Gasteiger partial charge on any atom is 0.0832 e. The molecule has 1 aromatic rings. The molecule has 0 atom stereocenters. The Kier molecular flexibility index (Phi) is 2.35. The van der Waals surface area contributed by atoms with Crippen LogP contribution in [0.3, 0.4) is 0 Å². The number of nitrogens with zero attached hydrogens (tertiary/aromatic N) is 1. The van der Waals surface area contributed by atoms with Crippen LogP contribution in [0.5, 0.6) is 0 Å². The van der Waals surface area contributed by atoms with Gasteiger partial charge in [0.25, 0.3) is 0 Å². The lowest BCUT2D eigenvalue weighted by Gasteiger charge is -2.49. The summed E-state index contributed by atoms with van der Waals surface area (Å²) in [6.45, 7) is 8.69. The van der Waals surface area contributed by atoms with Crippen molar-refractivity contribution in [2.75, 3.05) is 0 Å². The van der Waals surface area contributed by atoms with Crippen LogP contribution >= 0.6 is 0 Å². The lowest BCUT2D eigenvalue weighted by Crippen LogP contribution is -2.45. The van der Waals surface area contributed by atoms with E-state index >= 15 is 0 Å². The van der Waals surface area contributed by atoms with Gasteiger partial charge in [-0.1, -0.05) is 43.2 Å². The molecule has 1 fully saturated rings. The summed E-state index contributed by atoms with van der Waals surface area (Å²) in [6.07, 6.45) is 1.97. The van der Waals surface area contributed by atoms with Crippen LogP contribution < -0.4 is 0 Å². The van der Waals surface area contributed by atoms with Gasteiger partial charge in [0, 0.05) is 0 Å². The Morgan fingerprint density at radius 2 is 1.56 bits per heavy atom. The van der Waals surface area contributed by atoms with Crippen molar-refractivity contribution in [1.82, 2.24) is 0 Å². The number of hydrogen-bond donors (Lipinski definition) is 0. The maximum absolute atomic E-state index is 9.45. The zero-order valence-corrected chi connectivity index (χ0v) is 10.6. The minimum atomic E-state index is -0.222. The van der Waals surface area contributed by atoms with E-state index in [0.29, 0.717) is 5.41 Å². The molecule has 2 rings (SSSR count). The molecule has 0 aliphatic heterocycles. The van der Waals surface area contributed by atoms with Gasteiger partial charge >= 0.3 is 0 Å². The molecule has 1 saturated carbocycles. The third-order valence-electron chi connectivity index (χ3n) is 3.55. The highest BCUT2D eigenvalue weighted by Crippen LogP contribution is 2.55. The van der Waals surface area contributed by atoms with Gasteiger partial charge in [-0.15, -0.1) is 0 Å². The first-order valence-electron chi connectivity index (χ1n) is 5.87. The average molecular weight is 213 g/mol. The van der Waals surface area contributed by atoms with Gasteiger partial charge in [0.2, 0.25) is 0 Å². The lowest BCUT2D eigenvalue weighted by atomic mass is 9.52. The Bertz CT molecular complexity index is 435. The highest BCUT2D eigenvalue weighted by atomic mass is 14.5. The predicted octanol–water partition coefficient (Wildman–Crippen LogP) is 3.88. The van der Waals surface area contributed by atoms with Gasteiger partial charge in [-0.25, -0.2) is 0 Å². The molecule has 1 nitrogen and oxygen atoms in total. The van der Waals surface area contributed by atoms with Crippen LogP contribution in [0.2, 0.25) is 0 Å². The molecule has 1 aliphatic carbocycles. The zero-order valence-electron chi connectivity index (χ0n) is 10.6. The molecule has 1 heteroatoms. The molecule has 0 radical (unpaired) electrons. The third-order valence-corrected chi connectivity index (χ3v) is 3.55. The fraction of sp³-hybridized carbons (Fsp3) is 0.533. The first kappa shape index (κ1) is 11.2. The molecule has 0 saturated heterocycles. The molecule has 0 N–H and O–H groups in total. The highest BCUT2D eigenvalue weighted by Gasteiger charge is 2.50. The Hall–Kier alpha value is -1.29. The summed E-state index contributed by atoms with van der Waals surface area (Å²) in [7, 11) is 0. The van der Waals surface area contributed by atoms with E-state index in [1.807, 2.05) is 0 Å². The highest BCUT2D eigenvalue weighted by molar-refractivity contribution is 5.41. The molecule has 0 bridgehead atoms. The van der Waals surface area contributed by atoms with E-state index in [0.717, 1.165) is 12.8 Å². The van der Waals surface area contributed by atoms with E-state index < -0.39 is 0 Å². The topological polar surface area (TPSA) is 23.8 Å². The van der Waals surface area contributed by atoms with Crippen molar-refractivity contribution < 1.29 is 0 Å². The van der Waals surface area contributed by atoms with Gasteiger partial charge in [0.1, 0.15) is 0 Å². The second-order valence-corrected chi connectivity index (χ2v) is 6.09. The second-order valence-electron chi connectivity index (χ2n) is 6.09. The summed E-state index contributed by atoms with van der Waals surface area (Å²) in [5.41, 5.74) is 3.84. The molecule has 0 amide bonds. The van der Waals surface area contributed by atoms with Crippen molar-refractivity contribution in [3.63, 3.8) is 0 Å². The quantitative estimate of drug-likeness (QED) is 0.694. The SMILES string of the molecule is Cc1cc(C)cc(C2(C#N)CC(C)(C)C2)c1. The molecule has 84 valence electrons. The van der Waals surface area contributed by atoms with E-state index in [1.165, 1.54) is 16.7 Å². The number of hydrogen-bond acceptors (Lipinski definition) is 1. The van der Waals surface area contributed by atoms with Crippen LogP contribution in [0, 0.1) is 30.6 Å². The van der Waals surface area contributed by atoms with Crippen molar-refractivity contribution >= 4 is 0 Å². The second kappa shape index (κ2) is 3.35. The summed E-state index contributed by atoms with van der Waals surface area (Å²) >= 11 is 0. The van der Waals surface area contributed by atoms with Crippen LogP contribution in [-0.4, -0.2) is 0 Å². The van der Waals surface area contributed by atoms with Crippen LogP contribution in [0.4, 0.5) is 0 Å². The maximum atomic E-state index is 9.45. The van der Waals surface area contributed by atoms with Crippen molar-refractivity contribution in [1.29, 1.82) is 5.26 Å². The van der Waals surface area contributed by atoms with Gasteiger partial charge in [-0.05, 0) is 37.7 Å². The predicted molar refractivity (Wildman–Crippen MR) is 66.2 cm³/mol. The van der Waals surface area contributed by atoms with E-state index in [9.17, 15) is 5.26 Å². The summed E-state index contributed by atoms with van der Waals surface area (Å²) in [5, 5.41) is 9.45. The van der Waals surface area contributed by atoms with E-state index in [2.05, 4.69) is 52.0 Å². The Morgan fingerprint density at radius 1 is 1.06 bits per heavy atom. The van der Waals surface area contributed by atoms with E-state index in [-0.39, 0.29) is 5.41 Å². The molecular formula is C15H19N. The van der Waals surface area contributed by atoms with Gasteiger partial charge in [-0.3, -0.25) is 0 Å². The smallest absolute Gasteiger partial charge is 0.0832 e. The molecule has 1 aromatic carbocycles. The molecule has 0 aromatic heterocycles. The summed E-state index contributed by atoms with van der Waals surface area (Å²) in [6, 6.07) is 9.05. The largest absolute Gasteiger partial charge is 0.197 e. The fourth-order valence-electron chi connectivity index (χ4n) is 3.18. The standard InChI is InChI=1S/C15H19N/c1-11-5-12(2)7-13(6-11)15(10-16)8-14(3,4)9-15/h5-7H,8-9H2,1-4H3. The first-order valence-corrected chi connectivity index (χ1v) is 5.87. The third kappa shape index (κ3) is 1.73. The van der Waals surface area contributed by atoms with E-state index in [1.54, 1.807) is 0 Å². The van der Waals surface area contributed by atoms with Crippen molar-refractivity contribution in [3.8, 4) is 6.07 Å². The van der Waals surface area contributed by atoms with Crippen molar-refractivity contribution in [2.45, 2.75) is 46.0 Å². The molecule has 0 heterocycles. The summed E-state index contributed by atoms with van der Waals surface area (Å²) in [4.78, 5) is 0. The normalized spacial score (nSPS) is 20.9. The monoisotopic (exact) mass is 213 g/mol. The molecule has 0 spiro atoms. The summed E-state index contributed by atoms with van der Waals surface area (Å²) in [5.74, 6) is 0. The average Bonchev–Trinajstić information content (AvgIpc) is 2.11. The molecular weight excluding hydrogens is 194 g/mol. The number of aryl methyl sites for hydroxylation is 2. The number of benzene rings is 1. The van der Waals surface area contributed by atoms with Gasteiger partial charge in [0.05, 0.1) is 11.5 Å². The fourth-order valence-corrected chi connectivity index (χ4v) is 3.18. The summed E-state index contributed by atoms with van der Waals surface area (Å²) < 4.78 is 0. The minimum Gasteiger partial charge on any atom is -0.197 e.